The topological polar surface area (TPSA) is 38.3 Å². The van der Waals surface area contributed by atoms with Gasteiger partial charge in [-0.15, -0.1) is 0 Å². The van der Waals surface area contributed by atoms with Gasteiger partial charge in [0.2, 0.25) is 5.91 Å². The van der Waals surface area contributed by atoms with Gasteiger partial charge >= 0.3 is 0 Å². The van der Waals surface area contributed by atoms with E-state index in [1.807, 2.05) is 0 Å². The summed E-state index contributed by atoms with van der Waals surface area (Å²) in [6, 6.07) is 4.55. The number of ether oxygens (including phenoxy) is 1. The minimum absolute atomic E-state index is 0.203. The van der Waals surface area contributed by atoms with Crippen LogP contribution in [0.5, 0.6) is 0 Å². The van der Waals surface area contributed by atoms with Gasteiger partial charge < -0.3 is 10.1 Å². The van der Waals surface area contributed by atoms with Crippen molar-refractivity contribution in [2.75, 3.05) is 12.4 Å². The summed E-state index contributed by atoms with van der Waals surface area (Å²) in [5, 5.41) is 2.58. The molecule has 0 unspecified atom stereocenters. The molecule has 1 aliphatic carbocycles. The molecular weight excluding hydrogens is 301 g/mol. The van der Waals surface area contributed by atoms with E-state index in [1.165, 1.54) is 12.1 Å². The van der Waals surface area contributed by atoms with Gasteiger partial charge in [-0.25, -0.2) is 4.39 Å². The van der Waals surface area contributed by atoms with Crippen LogP contribution in [0.15, 0.2) is 22.7 Å². The predicted molar refractivity (Wildman–Crippen MR) is 70.9 cm³/mol. The molecule has 0 bridgehead atoms. The highest BCUT2D eigenvalue weighted by molar-refractivity contribution is 9.10. The van der Waals surface area contributed by atoms with Crippen molar-refractivity contribution in [3.63, 3.8) is 0 Å². The molecule has 5 heteroatoms. The summed E-state index contributed by atoms with van der Waals surface area (Å²) in [7, 11) is 1.62. The van der Waals surface area contributed by atoms with Crippen LogP contribution in [0, 0.1) is 5.82 Å². The Hall–Kier alpha value is -0.940. The van der Waals surface area contributed by atoms with Crippen LogP contribution in [0.3, 0.4) is 0 Å². The highest BCUT2D eigenvalue weighted by Crippen LogP contribution is 2.38. The molecule has 1 saturated carbocycles. The molecule has 0 atom stereocenters. The first-order chi connectivity index (χ1) is 8.54. The molecule has 3 nitrogen and oxygen atoms in total. The lowest BCUT2D eigenvalue weighted by molar-refractivity contribution is -0.129. The third-order valence-corrected chi connectivity index (χ3v) is 3.88. The number of halogens is 2. The molecule has 18 heavy (non-hydrogen) atoms. The van der Waals surface area contributed by atoms with Gasteiger partial charge in [0.15, 0.2) is 0 Å². The van der Waals surface area contributed by atoms with E-state index in [1.54, 1.807) is 13.2 Å². The lowest BCUT2D eigenvalue weighted by atomic mass is 9.77. The van der Waals surface area contributed by atoms with Gasteiger partial charge in [0.1, 0.15) is 5.82 Å². The fraction of sp³-hybridized carbons (Fsp3) is 0.462. The Morgan fingerprint density at radius 3 is 2.78 bits per heavy atom. The Bertz CT molecular complexity index is 455. The molecule has 2 rings (SSSR count). The average molecular weight is 316 g/mol. The van der Waals surface area contributed by atoms with Gasteiger partial charge in [0.25, 0.3) is 0 Å². The first-order valence-corrected chi connectivity index (χ1v) is 6.64. The second kappa shape index (κ2) is 5.36. The molecule has 1 aliphatic rings. The Kier molecular flexibility index (Phi) is 4.02. The number of nitrogens with one attached hydrogen (secondary N) is 1. The van der Waals surface area contributed by atoms with Gasteiger partial charge in [-0.1, -0.05) is 15.9 Å². The summed E-state index contributed by atoms with van der Waals surface area (Å²) in [5.74, 6) is -0.657. The van der Waals surface area contributed by atoms with Crippen LogP contribution in [0.1, 0.15) is 25.7 Å². The van der Waals surface area contributed by atoms with E-state index in [0.717, 1.165) is 19.3 Å². The maximum atomic E-state index is 13.5. The van der Waals surface area contributed by atoms with Gasteiger partial charge in [-0.2, -0.15) is 0 Å². The average Bonchev–Trinajstić information content (AvgIpc) is 2.27. The molecule has 0 saturated heterocycles. The van der Waals surface area contributed by atoms with E-state index in [4.69, 9.17) is 4.74 Å². The Labute approximate surface area is 114 Å². The van der Waals surface area contributed by atoms with Crippen molar-refractivity contribution in [2.45, 2.75) is 31.3 Å². The van der Waals surface area contributed by atoms with Crippen LogP contribution in [0.25, 0.3) is 0 Å². The quantitative estimate of drug-likeness (QED) is 0.923. The summed E-state index contributed by atoms with van der Waals surface area (Å²) in [6.07, 6.45) is 3.13. The number of carbonyl (C=O) groups excluding carboxylic acids is 1. The zero-order chi connectivity index (χ0) is 13.2. The molecule has 98 valence electrons. The second-order valence-electron chi connectivity index (χ2n) is 4.59. The number of methoxy groups -OCH3 is 1. The minimum atomic E-state index is -0.446. The maximum absolute atomic E-state index is 13.5. The molecule has 0 aromatic heterocycles. The summed E-state index contributed by atoms with van der Waals surface area (Å²) in [6.45, 7) is 0. The van der Waals surface area contributed by atoms with Crippen molar-refractivity contribution in [3.05, 3.63) is 28.5 Å². The lowest BCUT2D eigenvalue weighted by Gasteiger charge is -2.39. The third kappa shape index (κ3) is 2.90. The SMILES string of the molecule is COC1(CC(=O)Nc2ccc(Br)cc2F)CCC1. The Morgan fingerprint density at radius 2 is 2.28 bits per heavy atom. The van der Waals surface area contributed by atoms with E-state index < -0.39 is 5.82 Å². The van der Waals surface area contributed by atoms with E-state index >= 15 is 0 Å². The summed E-state index contributed by atoms with van der Waals surface area (Å²) in [5.41, 5.74) is -0.135. The van der Waals surface area contributed by atoms with Crippen molar-refractivity contribution in [3.8, 4) is 0 Å². The zero-order valence-corrected chi connectivity index (χ0v) is 11.7. The summed E-state index contributed by atoms with van der Waals surface area (Å²) >= 11 is 3.17. The number of anilines is 1. The van der Waals surface area contributed by atoms with Crippen LogP contribution in [0.4, 0.5) is 10.1 Å². The number of carbonyl (C=O) groups is 1. The minimum Gasteiger partial charge on any atom is -0.378 e. The van der Waals surface area contributed by atoms with Crippen LogP contribution in [0.2, 0.25) is 0 Å². The molecule has 1 aromatic rings. The van der Waals surface area contributed by atoms with Gasteiger partial charge in [-0.3, -0.25) is 4.79 Å². The van der Waals surface area contributed by atoms with Gasteiger partial charge in [0, 0.05) is 11.6 Å². The molecule has 0 aliphatic heterocycles. The molecule has 1 fully saturated rings. The number of hydrogen-bond acceptors (Lipinski definition) is 2. The van der Waals surface area contributed by atoms with E-state index in [9.17, 15) is 9.18 Å². The molecule has 1 aromatic carbocycles. The van der Waals surface area contributed by atoms with Crippen LogP contribution in [-0.2, 0) is 9.53 Å². The van der Waals surface area contributed by atoms with Crippen molar-refractivity contribution in [2.24, 2.45) is 0 Å². The second-order valence-corrected chi connectivity index (χ2v) is 5.51. The van der Waals surface area contributed by atoms with E-state index in [0.29, 0.717) is 4.47 Å². The molecular formula is C13H15BrFNO2. The van der Waals surface area contributed by atoms with E-state index in [-0.39, 0.29) is 23.6 Å². The normalized spacial score (nSPS) is 17.1. The number of hydrogen-bond donors (Lipinski definition) is 1. The summed E-state index contributed by atoms with van der Waals surface area (Å²) in [4.78, 5) is 11.8. The lowest BCUT2D eigenvalue weighted by Crippen LogP contribution is -2.42. The fourth-order valence-corrected chi connectivity index (χ4v) is 2.44. The monoisotopic (exact) mass is 315 g/mol. The molecule has 0 spiro atoms. The number of amides is 1. The smallest absolute Gasteiger partial charge is 0.227 e. The van der Waals surface area contributed by atoms with Crippen LogP contribution < -0.4 is 5.32 Å². The van der Waals surface area contributed by atoms with Crippen molar-refractivity contribution < 1.29 is 13.9 Å². The van der Waals surface area contributed by atoms with Crippen LogP contribution in [-0.4, -0.2) is 18.6 Å². The Morgan fingerprint density at radius 1 is 1.56 bits per heavy atom. The van der Waals surface area contributed by atoms with E-state index in [2.05, 4.69) is 21.2 Å². The first kappa shape index (κ1) is 13.5. The highest BCUT2D eigenvalue weighted by atomic mass is 79.9. The largest absolute Gasteiger partial charge is 0.378 e. The standard InChI is InChI=1S/C13H15BrFNO2/c1-18-13(5-2-6-13)8-12(17)16-11-4-3-9(14)7-10(11)15/h3-4,7H,2,5-6,8H2,1H3,(H,16,17). The number of benzene rings is 1. The molecule has 1 N–H and O–H groups in total. The fourth-order valence-electron chi connectivity index (χ4n) is 2.10. The predicted octanol–water partition coefficient (Wildman–Crippen LogP) is 3.49. The van der Waals surface area contributed by atoms with Crippen molar-refractivity contribution in [1.82, 2.24) is 0 Å². The maximum Gasteiger partial charge on any atom is 0.227 e. The third-order valence-electron chi connectivity index (χ3n) is 3.39. The molecule has 0 radical (unpaired) electrons. The van der Waals surface area contributed by atoms with Crippen molar-refractivity contribution >= 4 is 27.5 Å². The van der Waals surface area contributed by atoms with Gasteiger partial charge in [-0.05, 0) is 37.5 Å². The molecule has 0 heterocycles. The number of rotatable bonds is 4. The first-order valence-electron chi connectivity index (χ1n) is 5.85. The summed E-state index contributed by atoms with van der Waals surface area (Å²) < 4.78 is 19.6. The molecule has 1 amide bonds. The zero-order valence-electron chi connectivity index (χ0n) is 10.1. The van der Waals surface area contributed by atoms with Gasteiger partial charge in [0.05, 0.1) is 17.7 Å². The Balaban J connectivity index is 1.98. The van der Waals surface area contributed by atoms with Crippen molar-refractivity contribution in [1.29, 1.82) is 0 Å². The highest BCUT2D eigenvalue weighted by Gasteiger charge is 2.39. The van der Waals surface area contributed by atoms with Crippen LogP contribution >= 0.6 is 15.9 Å².